The lowest BCUT2D eigenvalue weighted by Gasteiger charge is -2.24. The van der Waals surface area contributed by atoms with Crippen LogP contribution in [-0.4, -0.2) is 28.5 Å². The molecule has 0 aromatic heterocycles. The quantitative estimate of drug-likeness (QED) is 0.441. The first-order valence-electron chi connectivity index (χ1n) is 3.96. The van der Waals surface area contributed by atoms with Crippen molar-refractivity contribution >= 4 is 17.2 Å². The molecule has 3 N–H and O–H groups in total. The van der Waals surface area contributed by atoms with E-state index in [1.54, 1.807) is 0 Å². The van der Waals surface area contributed by atoms with E-state index in [0.717, 1.165) is 18.1 Å². The summed E-state index contributed by atoms with van der Waals surface area (Å²) >= 11 is 5.00. The summed E-state index contributed by atoms with van der Waals surface area (Å²) in [6.45, 7) is 3.42. The average Bonchev–Trinajstić information content (AvgIpc) is 2.05. The Balaban J connectivity index is 2.58. The highest BCUT2D eigenvalue weighted by Gasteiger charge is 2.13. The van der Waals surface area contributed by atoms with Crippen LogP contribution in [0.4, 0.5) is 0 Å². The molecule has 1 heterocycles. The molecule has 0 aliphatic carbocycles. The fraction of sp³-hybridized carbons (Fsp3) is 0.571. The van der Waals surface area contributed by atoms with Gasteiger partial charge in [0.1, 0.15) is 10.7 Å². The monoisotopic (exact) mass is 187 g/mol. The van der Waals surface area contributed by atoms with Crippen LogP contribution in [0.3, 0.4) is 0 Å². The van der Waals surface area contributed by atoms with Crippen LogP contribution in [0.25, 0.3) is 0 Å². The molecule has 0 saturated carbocycles. The van der Waals surface area contributed by atoms with Crippen LogP contribution in [-0.2, 0) is 0 Å². The molecule has 0 unspecified atom stereocenters. The Morgan fingerprint density at radius 3 is 3.17 bits per heavy atom. The first-order chi connectivity index (χ1) is 5.75. The van der Waals surface area contributed by atoms with Crippen LogP contribution >= 0.6 is 12.2 Å². The van der Waals surface area contributed by atoms with Crippen LogP contribution in [0.5, 0.6) is 0 Å². The third-order valence-corrected chi connectivity index (χ3v) is 1.89. The molecule has 0 atom stereocenters. The first kappa shape index (κ1) is 9.44. The van der Waals surface area contributed by atoms with Gasteiger partial charge in [0.05, 0.1) is 0 Å². The van der Waals surface area contributed by atoms with Gasteiger partial charge in [-0.2, -0.15) is 5.17 Å². The van der Waals surface area contributed by atoms with E-state index in [0.29, 0.717) is 17.2 Å². The highest BCUT2D eigenvalue weighted by Crippen LogP contribution is 2.05. The summed E-state index contributed by atoms with van der Waals surface area (Å²) in [5.74, 6) is 0. The largest absolute Gasteiger partial charge is 0.374 e. The summed E-state index contributed by atoms with van der Waals surface area (Å²) in [5, 5.41) is 13.3. The van der Waals surface area contributed by atoms with E-state index in [1.807, 2.05) is 13.0 Å². The molecule has 0 spiro atoms. The van der Waals surface area contributed by atoms with E-state index in [9.17, 15) is 5.21 Å². The maximum absolute atomic E-state index is 9.37. The maximum Gasteiger partial charge on any atom is 0.126 e. The number of nitrogens with zero attached hydrogens (tertiary/aromatic N) is 1. The number of hydrazine groups is 1. The van der Waals surface area contributed by atoms with Crippen molar-refractivity contribution in [2.45, 2.75) is 13.3 Å². The van der Waals surface area contributed by atoms with Gasteiger partial charge in [0.15, 0.2) is 0 Å². The Labute approximate surface area is 77.2 Å². The summed E-state index contributed by atoms with van der Waals surface area (Å²) in [6, 6.07) is 0. The zero-order chi connectivity index (χ0) is 8.97. The van der Waals surface area contributed by atoms with Gasteiger partial charge in [-0.15, -0.1) is 0 Å². The third kappa shape index (κ3) is 2.17. The van der Waals surface area contributed by atoms with Gasteiger partial charge in [0, 0.05) is 13.1 Å². The molecule has 0 aromatic rings. The molecule has 5 heteroatoms. The summed E-state index contributed by atoms with van der Waals surface area (Å²) in [7, 11) is 0. The van der Waals surface area contributed by atoms with E-state index < -0.39 is 0 Å². The second kappa shape index (κ2) is 4.39. The molecule has 1 rings (SSSR count). The van der Waals surface area contributed by atoms with Crippen LogP contribution in [0.2, 0.25) is 0 Å². The van der Waals surface area contributed by atoms with Gasteiger partial charge in [-0.05, 0) is 6.42 Å². The lowest BCUT2D eigenvalue weighted by atomic mass is 10.2. The topological polar surface area (TPSA) is 47.5 Å². The minimum absolute atomic E-state index is 0.588. The number of hydrogen-bond donors (Lipinski definition) is 3. The average molecular weight is 187 g/mol. The maximum atomic E-state index is 9.37. The van der Waals surface area contributed by atoms with Gasteiger partial charge in [-0.3, -0.25) is 5.21 Å². The van der Waals surface area contributed by atoms with Gasteiger partial charge in [0.25, 0.3) is 0 Å². The number of hydroxylamine groups is 1. The van der Waals surface area contributed by atoms with Crippen molar-refractivity contribution in [2.24, 2.45) is 0 Å². The summed E-state index contributed by atoms with van der Waals surface area (Å²) in [5.41, 5.74) is 3.38. The van der Waals surface area contributed by atoms with Gasteiger partial charge >= 0.3 is 0 Å². The molecule has 0 radical (unpaired) electrons. The summed E-state index contributed by atoms with van der Waals surface area (Å²) < 4.78 is 0. The fourth-order valence-corrected chi connectivity index (χ4v) is 1.27. The van der Waals surface area contributed by atoms with Crippen LogP contribution < -0.4 is 10.7 Å². The molecule has 0 amide bonds. The van der Waals surface area contributed by atoms with E-state index in [1.165, 1.54) is 0 Å². The second-order valence-electron chi connectivity index (χ2n) is 2.46. The van der Waals surface area contributed by atoms with Gasteiger partial charge in [-0.1, -0.05) is 25.2 Å². The number of nitrogens with one attached hydrogen (secondary N) is 2. The van der Waals surface area contributed by atoms with Gasteiger partial charge in [-0.25, -0.2) is 5.43 Å². The van der Waals surface area contributed by atoms with Gasteiger partial charge in [0.2, 0.25) is 0 Å². The molecule has 4 nitrogen and oxygen atoms in total. The van der Waals surface area contributed by atoms with Crippen molar-refractivity contribution < 1.29 is 5.21 Å². The highest BCUT2D eigenvalue weighted by atomic mass is 32.1. The lowest BCUT2D eigenvalue weighted by molar-refractivity contribution is -0.0950. The van der Waals surface area contributed by atoms with Crippen LogP contribution in [0.1, 0.15) is 13.3 Å². The van der Waals surface area contributed by atoms with Crippen molar-refractivity contribution in [3.05, 3.63) is 11.8 Å². The van der Waals surface area contributed by atoms with E-state index >= 15 is 0 Å². The molecule has 68 valence electrons. The first-order valence-corrected chi connectivity index (χ1v) is 4.37. The smallest absolute Gasteiger partial charge is 0.126 e. The summed E-state index contributed by atoms with van der Waals surface area (Å²) in [6.07, 6.45) is 2.79. The molecular formula is C7H13N3OS. The Morgan fingerprint density at radius 1 is 1.83 bits per heavy atom. The highest BCUT2D eigenvalue weighted by molar-refractivity contribution is 7.80. The molecule has 1 aliphatic rings. The van der Waals surface area contributed by atoms with Crippen molar-refractivity contribution in [2.75, 3.05) is 13.1 Å². The summed E-state index contributed by atoms with van der Waals surface area (Å²) in [4.78, 5) is 0.588. The lowest BCUT2D eigenvalue weighted by Crippen LogP contribution is -2.42. The Hall–Kier alpha value is -0.650. The predicted octanol–water partition coefficient (Wildman–Crippen LogP) is 0.407. The molecule has 0 aromatic carbocycles. The Bertz CT molecular complexity index is 205. The standard InChI is InChI=1S/C7H13N3OS/c1-2-9-10(11)6-4-3-5-8-7(6)12/h4,9,11H,2-3,5H2,1H3,(H,8,12). The third-order valence-electron chi connectivity index (χ3n) is 1.54. The van der Waals surface area contributed by atoms with Crippen molar-refractivity contribution in [3.63, 3.8) is 0 Å². The van der Waals surface area contributed by atoms with E-state index in [4.69, 9.17) is 12.2 Å². The molecule has 0 saturated heterocycles. The Kier molecular flexibility index (Phi) is 3.46. The molecule has 0 fully saturated rings. The predicted molar refractivity (Wildman–Crippen MR) is 50.6 cm³/mol. The van der Waals surface area contributed by atoms with E-state index in [-0.39, 0.29) is 0 Å². The zero-order valence-electron chi connectivity index (χ0n) is 7.00. The SMILES string of the molecule is CCNN(O)C1=CCCNC1=S. The van der Waals surface area contributed by atoms with Crippen LogP contribution in [0, 0.1) is 0 Å². The second-order valence-corrected chi connectivity index (χ2v) is 2.87. The van der Waals surface area contributed by atoms with Gasteiger partial charge < -0.3 is 5.32 Å². The van der Waals surface area contributed by atoms with E-state index in [2.05, 4.69) is 10.7 Å². The fourth-order valence-electron chi connectivity index (χ4n) is 0.995. The van der Waals surface area contributed by atoms with Crippen molar-refractivity contribution in [1.29, 1.82) is 0 Å². The molecule has 12 heavy (non-hydrogen) atoms. The van der Waals surface area contributed by atoms with Crippen LogP contribution in [0.15, 0.2) is 11.8 Å². The number of rotatable bonds is 3. The van der Waals surface area contributed by atoms with Crippen molar-refractivity contribution in [1.82, 2.24) is 15.9 Å². The minimum Gasteiger partial charge on any atom is -0.374 e. The van der Waals surface area contributed by atoms with Crippen molar-refractivity contribution in [3.8, 4) is 0 Å². The normalized spacial score (nSPS) is 16.8. The molecule has 0 bridgehead atoms. The Morgan fingerprint density at radius 2 is 2.58 bits per heavy atom. The minimum atomic E-state index is 0.588. The molecule has 1 aliphatic heterocycles. The molecular weight excluding hydrogens is 174 g/mol. The number of thiocarbonyl (C=S) groups is 1. The zero-order valence-corrected chi connectivity index (χ0v) is 7.82. The number of hydrogen-bond acceptors (Lipinski definition) is 4.